The lowest BCUT2D eigenvalue weighted by Crippen LogP contribution is -2.50. The van der Waals surface area contributed by atoms with Gasteiger partial charge in [-0.25, -0.2) is 9.97 Å². The molecule has 1 spiro atoms. The molecule has 6 heteroatoms. The number of nitrogens with zero attached hydrogens (tertiary/aromatic N) is 4. The van der Waals surface area contributed by atoms with Crippen LogP contribution in [0, 0.1) is 5.41 Å². The van der Waals surface area contributed by atoms with Gasteiger partial charge in [0.2, 0.25) is 5.91 Å². The Balaban J connectivity index is 1.40. The van der Waals surface area contributed by atoms with Crippen LogP contribution in [-0.2, 0) is 17.8 Å². The van der Waals surface area contributed by atoms with Crippen LogP contribution in [0.15, 0.2) is 36.7 Å². The number of likely N-dealkylation sites (N-methyl/N-ethyl adjacent to an activating group) is 1. The number of aryl methyl sites for hydroxylation is 1. The van der Waals surface area contributed by atoms with E-state index in [-0.39, 0.29) is 5.41 Å². The fourth-order valence-corrected chi connectivity index (χ4v) is 5.14. The SMILES string of the molecule is CC(C)c1ncc(CN2CCC3(CCCCc4ccccc4OCCN(C)C3=O)CC2)cn1. The Morgan fingerprint density at radius 3 is 2.48 bits per heavy atom. The van der Waals surface area contributed by atoms with Crippen LogP contribution < -0.4 is 4.74 Å². The molecule has 178 valence electrons. The topological polar surface area (TPSA) is 58.6 Å². The number of carbonyl (C=O) groups excluding carboxylic acids is 1. The van der Waals surface area contributed by atoms with Gasteiger partial charge in [-0.3, -0.25) is 9.69 Å². The molecule has 0 bridgehead atoms. The molecule has 0 saturated carbocycles. The Bertz CT molecular complexity index is 920. The number of hydrogen-bond donors (Lipinski definition) is 0. The second kappa shape index (κ2) is 10.6. The van der Waals surface area contributed by atoms with Gasteiger partial charge in [-0.1, -0.05) is 38.5 Å². The molecule has 0 radical (unpaired) electrons. The summed E-state index contributed by atoms with van der Waals surface area (Å²) >= 11 is 0. The fourth-order valence-electron chi connectivity index (χ4n) is 5.14. The third-order valence-electron chi connectivity index (χ3n) is 7.27. The van der Waals surface area contributed by atoms with E-state index in [1.54, 1.807) is 0 Å². The van der Waals surface area contributed by atoms with Crippen LogP contribution in [-0.4, -0.2) is 59.0 Å². The van der Waals surface area contributed by atoms with Gasteiger partial charge in [-0.2, -0.15) is 0 Å². The van der Waals surface area contributed by atoms with Gasteiger partial charge in [-0.15, -0.1) is 0 Å². The number of aromatic nitrogens is 2. The van der Waals surface area contributed by atoms with E-state index >= 15 is 0 Å². The van der Waals surface area contributed by atoms with E-state index in [1.165, 1.54) is 5.56 Å². The van der Waals surface area contributed by atoms with Gasteiger partial charge in [0.05, 0.1) is 12.0 Å². The molecule has 1 saturated heterocycles. The van der Waals surface area contributed by atoms with Crippen LogP contribution >= 0.6 is 0 Å². The summed E-state index contributed by atoms with van der Waals surface area (Å²) in [6, 6.07) is 8.32. The van der Waals surface area contributed by atoms with Crippen molar-refractivity contribution < 1.29 is 9.53 Å². The van der Waals surface area contributed by atoms with Gasteiger partial charge in [0.15, 0.2) is 0 Å². The number of amides is 1. The molecule has 0 unspecified atom stereocenters. The molecule has 6 nitrogen and oxygen atoms in total. The first kappa shape index (κ1) is 23.7. The highest BCUT2D eigenvalue weighted by Gasteiger charge is 2.42. The standard InChI is InChI=1S/C27H38N4O2/c1-21(2)25-28-18-22(19-29-25)20-31-14-12-27(13-15-31)11-7-6-9-23-8-4-5-10-24(23)33-17-16-30(3)26(27)32/h4-5,8,10,18-19,21H,6-7,9,11-17,20H2,1-3H3. The lowest BCUT2D eigenvalue weighted by molar-refractivity contribution is -0.145. The Morgan fingerprint density at radius 1 is 1.03 bits per heavy atom. The number of carbonyl (C=O) groups is 1. The number of fused-ring (bicyclic) bond motifs is 1. The quantitative estimate of drug-likeness (QED) is 0.692. The summed E-state index contributed by atoms with van der Waals surface area (Å²) in [5.74, 6) is 2.50. The van der Waals surface area contributed by atoms with Crippen molar-refractivity contribution in [3.05, 3.63) is 53.6 Å². The summed E-state index contributed by atoms with van der Waals surface area (Å²) in [5.41, 5.74) is 2.18. The monoisotopic (exact) mass is 450 g/mol. The highest BCUT2D eigenvalue weighted by atomic mass is 16.5. The number of rotatable bonds is 3. The molecule has 4 rings (SSSR count). The average Bonchev–Trinajstić information content (AvgIpc) is 2.83. The van der Waals surface area contributed by atoms with Gasteiger partial charge in [0.25, 0.3) is 0 Å². The fraction of sp³-hybridized carbons (Fsp3) is 0.593. The van der Waals surface area contributed by atoms with Gasteiger partial charge in [0, 0.05) is 37.5 Å². The molecular formula is C27H38N4O2. The highest BCUT2D eigenvalue weighted by molar-refractivity contribution is 5.82. The average molecular weight is 451 g/mol. The van der Waals surface area contributed by atoms with E-state index in [0.29, 0.717) is 25.0 Å². The van der Waals surface area contributed by atoms with Gasteiger partial charge in [0.1, 0.15) is 18.2 Å². The van der Waals surface area contributed by atoms with E-state index in [1.807, 2.05) is 36.5 Å². The number of hydrogen-bond acceptors (Lipinski definition) is 5. The maximum Gasteiger partial charge on any atom is 0.228 e. The van der Waals surface area contributed by atoms with Crippen LogP contribution in [0.1, 0.15) is 68.8 Å². The Morgan fingerprint density at radius 2 is 1.76 bits per heavy atom. The summed E-state index contributed by atoms with van der Waals surface area (Å²) in [5, 5.41) is 0. The van der Waals surface area contributed by atoms with Crippen molar-refractivity contribution in [2.45, 2.75) is 64.8 Å². The lowest BCUT2D eigenvalue weighted by Gasteiger charge is -2.43. The maximum absolute atomic E-state index is 13.6. The molecule has 0 N–H and O–H groups in total. The largest absolute Gasteiger partial charge is 0.491 e. The van der Waals surface area contributed by atoms with Crippen LogP contribution in [0.5, 0.6) is 5.75 Å². The van der Waals surface area contributed by atoms with Crippen LogP contribution in [0.4, 0.5) is 0 Å². The van der Waals surface area contributed by atoms with Crippen molar-refractivity contribution in [1.82, 2.24) is 19.8 Å². The second-order valence-corrected chi connectivity index (χ2v) is 10.1. The van der Waals surface area contributed by atoms with Crippen molar-refractivity contribution >= 4 is 5.91 Å². The van der Waals surface area contributed by atoms with Crippen molar-refractivity contribution in [3.63, 3.8) is 0 Å². The van der Waals surface area contributed by atoms with E-state index in [2.05, 4.69) is 40.8 Å². The Hall–Kier alpha value is -2.47. The molecule has 2 aromatic rings. The van der Waals surface area contributed by atoms with E-state index in [4.69, 9.17) is 4.74 Å². The number of ether oxygens (including phenoxy) is 1. The predicted octanol–water partition coefficient (Wildman–Crippen LogP) is 4.45. The summed E-state index contributed by atoms with van der Waals surface area (Å²) in [4.78, 5) is 27.0. The highest BCUT2D eigenvalue weighted by Crippen LogP contribution is 2.39. The van der Waals surface area contributed by atoms with Crippen LogP contribution in [0.25, 0.3) is 0 Å². The van der Waals surface area contributed by atoms with E-state index in [0.717, 1.165) is 75.3 Å². The number of piperidine rings is 1. The minimum Gasteiger partial charge on any atom is -0.491 e. The van der Waals surface area contributed by atoms with Crippen LogP contribution in [0.3, 0.4) is 0 Å². The second-order valence-electron chi connectivity index (χ2n) is 10.1. The zero-order chi connectivity index (χ0) is 23.3. The van der Waals surface area contributed by atoms with E-state index < -0.39 is 0 Å². The molecule has 2 aliphatic rings. The maximum atomic E-state index is 13.6. The number of para-hydroxylation sites is 1. The molecule has 33 heavy (non-hydrogen) atoms. The lowest BCUT2D eigenvalue weighted by atomic mass is 9.73. The molecule has 1 fully saturated rings. The van der Waals surface area contributed by atoms with Crippen molar-refractivity contribution in [2.24, 2.45) is 5.41 Å². The predicted molar refractivity (Wildman–Crippen MR) is 130 cm³/mol. The normalized spacial score (nSPS) is 20.1. The van der Waals surface area contributed by atoms with Crippen molar-refractivity contribution in [3.8, 4) is 5.75 Å². The molecule has 2 aliphatic heterocycles. The Labute approximate surface area is 198 Å². The molecule has 1 amide bonds. The minimum atomic E-state index is -0.248. The number of likely N-dealkylation sites (tertiary alicyclic amines) is 1. The molecular weight excluding hydrogens is 412 g/mol. The van der Waals surface area contributed by atoms with Gasteiger partial charge >= 0.3 is 0 Å². The summed E-state index contributed by atoms with van der Waals surface area (Å²) in [6.45, 7) is 8.10. The van der Waals surface area contributed by atoms with Gasteiger partial charge in [-0.05, 0) is 56.8 Å². The third-order valence-corrected chi connectivity index (χ3v) is 7.27. The third kappa shape index (κ3) is 5.72. The first-order chi connectivity index (χ1) is 16.0. The molecule has 0 aliphatic carbocycles. The minimum absolute atomic E-state index is 0.248. The smallest absolute Gasteiger partial charge is 0.228 e. The Kier molecular flexibility index (Phi) is 7.63. The zero-order valence-corrected chi connectivity index (χ0v) is 20.4. The summed E-state index contributed by atoms with van der Waals surface area (Å²) < 4.78 is 6.05. The summed E-state index contributed by atoms with van der Waals surface area (Å²) in [7, 11) is 1.94. The van der Waals surface area contributed by atoms with Crippen molar-refractivity contribution in [2.75, 3.05) is 33.3 Å². The molecule has 1 aromatic carbocycles. The molecule has 1 aromatic heterocycles. The molecule has 0 atom stereocenters. The molecule has 3 heterocycles. The zero-order valence-electron chi connectivity index (χ0n) is 20.4. The van der Waals surface area contributed by atoms with Crippen LogP contribution in [0.2, 0.25) is 0 Å². The van der Waals surface area contributed by atoms with E-state index in [9.17, 15) is 4.79 Å². The first-order valence-corrected chi connectivity index (χ1v) is 12.5. The summed E-state index contributed by atoms with van der Waals surface area (Å²) in [6.07, 6.45) is 9.88. The number of benzene rings is 1. The van der Waals surface area contributed by atoms with Crippen molar-refractivity contribution in [1.29, 1.82) is 0 Å². The van der Waals surface area contributed by atoms with Gasteiger partial charge < -0.3 is 9.64 Å². The first-order valence-electron chi connectivity index (χ1n) is 12.5.